The second kappa shape index (κ2) is 8.19. The van der Waals surface area contributed by atoms with Gasteiger partial charge in [0, 0.05) is 35.8 Å². The van der Waals surface area contributed by atoms with Crippen LogP contribution in [0.25, 0.3) is 10.9 Å². The van der Waals surface area contributed by atoms with Crippen LogP contribution in [-0.2, 0) is 6.54 Å². The number of para-hydroxylation sites is 1. The molecule has 1 atom stereocenters. The second-order valence-electron chi connectivity index (χ2n) is 8.02. The molecule has 2 amide bonds. The number of hydrogen-bond donors (Lipinski definition) is 3. The van der Waals surface area contributed by atoms with Crippen LogP contribution < -0.4 is 21.6 Å². The standard InChI is InChI=1S/C25H23N5O2/c1-16-5-4-6-20(13-16)28-24(31)27-19-11-9-17(10-12-19)18-14-26-23-21-7-2-3-8-22(21)29-25(32)30(23)15-18/h2-13,18,26H,14-15H2,1H3,(H2,27,28,31). The predicted octanol–water partition coefficient (Wildman–Crippen LogP) is 4.56. The van der Waals surface area contributed by atoms with E-state index in [9.17, 15) is 9.59 Å². The van der Waals surface area contributed by atoms with Gasteiger partial charge in [-0.2, -0.15) is 4.98 Å². The second-order valence-corrected chi connectivity index (χ2v) is 8.02. The van der Waals surface area contributed by atoms with Gasteiger partial charge in [-0.05, 0) is 54.4 Å². The quantitative estimate of drug-likeness (QED) is 0.449. The van der Waals surface area contributed by atoms with Crippen LogP contribution >= 0.6 is 0 Å². The van der Waals surface area contributed by atoms with Gasteiger partial charge in [0.2, 0.25) is 0 Å². The minimum absolute atomic E-state index is 0.123. The average molecular weight is 425 g/mol. The van der Waals surface area contributed by atoms with Gasteiger partial charge >= 0.3 is 11.7 Å². The number of amides is 2. The number of fused-ring (bicyclic) bond motifs is 3. The molecule has 0 saturated carbocycles. The van der Waals surface area contributed by atoms with Crippen molar-refractivity contribution in [3.63, 3.8) is 0 Å². The van der Waals surface area contributed by atoms with Gasteiger partial charge in [-0.25, -0.2) is 9.59 Å². The average Bonchev–Trinajstić information content (AvgIpc) is 2.79. The zero-order valence-corrected chi connectivity index (χ0v) is 17.6. The summed E-state index contributed by atoms with van der Waals surface area (Å²) >= 11 is 0. The molecule has 1 aliphatic heterocycles. The van der Waals surface area contributed by atoms with Crippen LogP contribution in [0.5, 0.6) is 0 Å². The predicted molar refractivity (Wildman–Crippen MR) is 127 cm³/mol. The van der Waals surface area contributed by atoms with E-state index in [1.54, 1.807) is 4.57 Å². The summed E-state index contributed by atoms with van der Waals surface area (Å²) in [6.45, 7) is 3.25. The smallest absolute Gasteiger partial charge is 0.349 e. The maximum absolute atomic E-state index is 12.6. The van der Waals surface area contributed by atoms with Crippen molar-refractivity contribution in [2.75, 3.05) is 22.5 Å². The molecule has 7 nitrogen and oxygen atoms in total. The van der Waals surface area contributed by atoms with Crippen molar-refractivity contribution in [2.45, 2.75) is 19.4 Å². The molecule has 0 radical (unpaired) electrons. The first-order valence-electron chi connectivity index (χ1n) is 10.5. The number of nitrogens with zero attached hydrogens (tertiary/aromatic N) is 2. The Labute approximate surface area is 185 Å². The first-order chi connectivity index (χ1) is 15.6. The van der Waals surface area contributed by atoms with Crippen molar-refractivity contribution in [3.05, 3.63) is 94.4 Å². The number of urea groups is 1. The van der Waals surface area contributed by atoms with E-state index in [1.807, 2.05) is 79.7 Å². The van der Waals surface area contributed by atoms with Crippen LogP contribution in [0.1, 0.15) is 17.0 Å². The van der Waals surface area contributed by atoms with Crippen molar-refractivity contribution < 1.29 is 4.79 Å². The normalized spacial score (nSPS) is 15.0. The van der Waals surface area contributed by atoms with Crippen LogP contribution in [0.4, 0.5) is 22.0 Å². The molecule has 3 aromatic carbocycles. The Bertz CT molecular complexity index is 1360. The number of aryl methyl sites for hydroxylation is 1. The summed E-state index contributed by atoms with van der Waals surface area (Å²) in [5.74, 6) is 0.946. The fourth-order valence-corrected chi connectivity index (χ4v) is 4.12. The molecule has 0 aliphatic carbocycles. The number of hydrogen-bond acceptors (Lipinski definition) is 4. The molecule has 0 bridgehead atoms. The molecule has 0 spiro atoms. The molecule has 5 rings (SSSR count). The topological polar surface area (TPSA) is 88.1 Å². The van der Waals surface area contributed by atoms with E-state index in [0.717, 1.165) is 28.0 Å². The van der Waals surface area contributed by atoms with E-state index in [0.29, 0.717) is 24.3 Å². The summed E-state index contributed by atoms with van der Waals surface area (Å²) in [5.41, 5.74) is 4.08. The summed E-state index contributed by atoms with van der Waals surface area (Å²) in [6, 6.07) is 22.7. The monoisotopic (exact) mass is 425 g/mol. The van der Waals surface area contributed by atoms with Gasteiger partial charge in [0.15, 0.2) is 0 Å². The Morgan fingerprint density at radius 2 is 1.78 bits per heavy atom. The van der Waals surface area contributed by atoms with Crippen molar-refractivity contribution in [1.82, 2.24) is 9.55 Å². The van der Waals surface area contributed by atoms with E-state index < -0.39 is 0 Å². The summed E-state index contributed by atoms with van der Waals surface area (Å²) in [5, 5.41) is 10.1. The summed E-state index contributed by atoms with van der Waals surface area (Å²) in [7, 11) is 0. The zero-order valence-electron chi connectivity index (χ0n) is 17.6. The highest BCUT2D eigenvalue weighted by Gasteiger charge is 2.22. The summed E-state index contributed by atoms with van der Waals surface area (Å²) in [6.07, 6.45) is 0. The number of benzene rings is 3. The zero-order chi connectivity index (χ0) is 22.1. The summed E-state index contributed by atoms with van der Waals surface area (Å²) < 4.78 is 1.71. The maximum Gasteiger partial charge on any atom is 0.349 e. The van der Waals surface area contributed by atoms with Crippen LogP contribution in [0, 0.1) is 6.92 Å². The van der Waals surface area contributed by atoms with Crippen LogP contribution in [-0.4, -0.2) is 22.1 Å². The molecule has 0 fully saturated rings. The van der Waals surface area contributed by atoms with Crippen LogP contribution in [0.2, 0.25) is 0 Å². The van der Waals surface area contributed by atoms with E-state index >= 15 is 0 Å². The molecule has 7 heteroatoms. The lowest BCUT2D eigenvalue weighted by Gasteiger charge is -2.28. The molecule has 32 heavy (non-hydrogen) atoms. The number of carbonyl (C=O) groups is 1. The van der Waals surface area contributed by atoms with E-state index in [1.165, 1.54) is 0 Å². The highest BCUT2D eigenvalue weighted by Crippen LogP contribution is 2.29. The third-order valence-electron chi connectivity index (χ3n) is 5.71. The lowest BCUT2D eigenvalue weighted by atomic mass is 9.97. The Kier molecular flexibility index (Phi) is 5.07. The number of aromatic nitrogens is 2. The van der Waals surface area contributed by atoms with Crippen LogP contribution in [0.3, 0.4) is 0 Å². The van der Waals surface area contributed by atoms with Gasteiger partial charge in [-0.1, -0.05) is 36.4 Å². The largest absolute Gasteiger partial charge is 0.370 e. The SMILES string of the molecule is Cc1cccc(NC(=O)Nc2ccc(C3CNc4c5ccccc5nc(=O)n4C3)cc2)c1. The van der Waals surface area contributed by atoms with Crippen molar-refractivity contribution >= 4 is 34.1 Å². The highest BCUT2D eigenvalue weighted by atomic mass is 16.2. The minimum Gasteiger partial charge on any atom is -0.370 e. The van der Waals surface area contributed by atoms with Gasteiger partial charge in [0.05, 0.1) is 5.52 Å². The molecule has 1 aromatic heterocycles. The van der Waals surface area contributed by atoms with Gasteiger partial charge in [-0.15, -0.1) is 0 Å². The fourth-order valence-electron chi connectivity index (χ4n) is 4.12. The third kappa shape index (κ3) is 3.92. The Morgan fingerprint density at radius 3 is 2.59 bits per heavy atom. The van der Waals surface area contributed by atoms with Gasteiger partial charge in [0.25, 0.3) is 0 Å². The lowest BCUT2D eigenvalue weighted by molar-refractivity contribution is 0.262. The van der Waals surface area contributed by atoms with Crippen molar-refractivity contribution in [3.8, 4) is 0 Å². The first-order valence-corrected chi connectivity index (χ1v) is 10.5. The lowest BCUT2D eigenvalue weighted by Crippen LogP contribution is -2.35. The molecular formula is C25H23N5O2. The number of nitrogens with one attached hydrogen (secondary N) is 3. The van der Waals surface area contributed by atoms with E-state index in [2.05, 4.69) is 20.9 Å². The molecule has 0 saturated heterocycles. The minimum atomic E-state index is -0.291. The highest BCUT2D eigenvalue weighted by molar-refractivity contribution is 5.99. The summed E-state index contributed by atoms with van der Waals surface area (Å²) in [4.78, 5) is 29.1. The number of rotatable bonds is 3. The van der Waals surface area contributed by atoms with E-state index in [4.69, 9.17) is 0 Å². The number of carbonyl (C=O) groups excluding carboxylic acids is 1. The molecule has 160 valence electrons. The molecule has 3 N–H and O–H groups in total. The van der Waals surface area contributed by atoms with Crippen molar-refractivity contribution in [1.29, 1.82) is 0 Å². The molecule has 1 unspecified atom stereocenters. The first kappa shape index (κ1) is 19.8. The van der Waals surface area contributed by atoms with Gasteiger partial charge in [0.1, 0.15) is 5.82 Å². The van der Waals surface area contributed by atoms with Crippen LogP contribution in [0.15, 0.2) is 77.6 Å². The molecule has 2 heterocycles. The van der Waals surface area contributed by atoms with Gasteiger partial charge < -0.3 is 16.0 Å². The number of anilines is 3. The van der Waals surface area contributed by atoms with E-state index in [-0.39, 0.29) is 17.6 Å². The molecule has 4 aromatic rings. The Hall–Kier alpha value is -4.13. The molecular weight excluding hydrogens is 402 g/mol. The van der Waals surface area contributed by atoms with Crippen molar-refractivity contribution in [2.24, 2.45) is 0 Å². The third-order valence-corrected chi connectivity index (χ3v) is 5.71. The van der Waals surface area contributed by atoms with Gasteiger partial charge in [-0.3, -0.25) is 4.57 Å². The fraction of sp³-hybridized carbons (Fsp3) is 0.160. The Morgan fingerprint density at radius 1 is 1.00 bits per heavy atom. The maximum atomic E-state index is 12.6. The molecule has 1 aliphatic rings. The Balaban J connectivity index is 1.29.